The first-order valence-corrected chi connectivity index (χ1v) is 9.17. The number of hydrogen-bond donors (Lipinski definition) is 0. The van der Waals surface area contributed by atoms with Crippen molar-refractivity contribution in [2.24, 2.45) is 5.92 Å². The van der Waals surface area contributed by atoms with E-state index < -0.39 is 21.0 Å². The Morgan fingerprint density at radius 1 is 1.08 bits per heavy atom. The summed E-state index contributed by atoms with van der Waals surface area (Å²) in [6.07, 6.45) is 0. The van der Waals surface area contributed by atoms with Gasteiger partial charge in [-0.25, -0.2) is 8.42 Å². The number of sulfone groups is 1. The Morgan fingerprint density at radius 2 is 1.79 bits per heavy atom. The minimum atomic E-state index is -3.55. The Hall–Kier alpha value is -2.52. The van der Waals surface area contributed by atoms with E-state index in [4.69, 9.17) is 9.47 Å². The van der Waals surface area contributed by atoms with E-state index in [2.05, 4.69) is 6.07 Å². The lowest BCUT2D eigenvalue weighted by molar-refractivity contribution is 0.174. The second-order valence-electron chi connectivity index (χ2n) is 6.12. The van der Waals surface area contributed by atoms with Gasteiger partial charge in [0.15, 0.2) is 21.3 Å². The van der Waals surface area contributed by atoms with Gasteiger partial charge in [0.25, 0.3) is 0 Å². The molecule has 0 unspecified atom stereocenters. The predicted octanol–water partition coefficient (Wildman–Crippen LogP) is 2.80. The number of fused-ring (bicyclic) bond motifs is 1. The van der Waals surface area contributed by atoms with Gasteiger partial charge in [-0.1, -0.05) is 23.8 Å². The quantitative estimate of drug-likeness (QED) is 0.858. The van der Waals surface area contributed by atoms with Gasteiger partial charge < -0.3 is 9.47 Å². The van der Waals surface area contributed by atoms with Crippen LogP contribution in [0.5, 0.6) is 11.5 Å². The molecule has 1 saturated carbocycles. The number of nitriles is 1. The Labute approximate surface area is 140 Å². The molecule has 6 heteroatoms. The zero-order chi connectivity index (χ0) is 16.9. The molecule has 3 atom stereocenters. The summed E-state index contributed by atoms with van der Waals surface area (Å²) in [6, 6.07) is 14.2. The van der Waals surface area contributed by atoms with Gasteiger partial charge in [-0.15, -0.1) is 0 Å². The molecule has 1 fully saturated rings. The van der Waals surface area contributed by atoms with Crippen LogP contribution >= 0.6 is 0 Å². The smallest absolute Gasteiger partial charge is 0.231 e. The molecule has 5 nitrogen and oxygen atoms in total. The maximum absolute atomic E-state index is 12.9. The summed E-state index contributed by atoms with van der Waals surface area (Å²) >= 11 is 0. The maximum atomic E-state index is 12.9. The van der Waals surface area contributed by atoms with Crippen LogP contribution in [0.15, 0.2) is 47.4 Å². The van der Waals surface area contributed by atoms with Gasteiger partial charge in [0.05, 0.1) is 22.1 Å². The van der Waals surface area contributed by atoms with Crippen molar-refractivity contribution in [3.05, 3.63) is 53.6 Å². The number of hydrogen-bond acceptors (Lipinski definition) is 5. The molecule has 0 aromatic heterocycles. The highest BCUT2D eigenvalue weighted by atomic mass is 32.2. The van der Waals surface area contributed by atoms with E-state index in [0.29, 0.717) is 11.5 Å². The summed E-state index contributed by atoms with van der Waals surface area (Å²) in [5.41, 5.74) is 1.79. The molecule has 1 heterocycles. The van der Waals surface area contributed by atoms with Crippen LogP contribution in [0.2, 0.25) is 0 Å². The third-order valence-electron chi connectivity index (χ3n) is 4.59. The van der Waals surface area contributed by atoms with Gasteiger partial charge in [0.1, 0.15) is 0 Å². The van der Waals surface area contributed by atoms with E-state index in [1.807, 2.05) is 13.0 Å². The first-order chi connectivity index (χ1) is 11.5. The molecule has 2 aromatic carbocycles. The fraction of sp³-hybridized carbons (Fsp3) is 0.278. The first kappa shape index (κ1) is 15.0. The zero-order valence-corrected chi connectivity index (χ0v) is 13.8. The molecule has 0 bridgehead atoms. The molecular weight excluding hydrogens is 326 g/mol. The standard InChI is InChI=1S/C18H15NO4S/c1-11-2-5-13(6-3-11)24(20,21)18-14(9-19)17(18)12-4-7-15-16(8-12)23-10-22-15/h2-8,14,17-18H,10H2,1H3/t14-,17-,18-/m0/s1. The van der Waals surface area contributed by atoms with Gasteiger partial charge in [-0.05, 0) is 36.8 Å². The van der Waals surface area contributed by atoms with Crippen molar-refractivity contribution in [2.75, 3.05) is 6.79 Å². The Morgan fingerprint density at radius 3 is 2.50 bits per heavy atom. The van der Waals surface area contributed by atoms with Crippen LogP contribution in [0.4, 0.5) is 0 Å². The third kappa shape index (κ3) is 2.24. The molecule has 24 heavy (non-hydrogen) atoms. The molecule has 2 aromatic rings. The number of benzene rings is 2. The highest BCUT2D eigenvalue weighted by Crippen LogP contribution is 2.54. The van der Waals surface area contributed by atoms with Gasteiger partial charge in [-0.2, -0.15) is 5.26 Å². The monoisotopic (exact) mass is 341 g/mol. The largest absolute Gasteiger partial charge is 0.454 e. The predicted molar refractivity (Wildman–Crippen MR) is 86.6 cm³/mol. The van der Waals surface area contributed by atoms with Gasteiger partial charge in [0, 0.05) is 5.92 Å². The lowest BCUT2D eigenvalue weighted by atomic mass is 10.1. The van der Waals surface area contributed by atoms with Crippen molar-refractivity contribution in [1.82, 2.24) is 0 Å². The molecule has 1 aliphatic carbocycles. The van der Waals surface area contributed by atoms with Crippen molar-refractivity contribution in [3.8, 4) is 17.6 Å². The molecule has 122 valence electrons. The van der Waals surface area contributed by atoms with Gasteiger partial charge in [-0.3, -0.25) is 0 Å². The van der Waals surface area contributed by atoms with E-state index in [0.717, 1.165) is 11.1 Å². The molecule has 0 radical (unpaired) electrons. The van der Waals surface area contributed by atoms with Crippen LogP contribution in [0, 0.1) is 24.2 Å². The Kier molecular flexibility index (Phi) is 3.29. The number of nitrogens with zero attached hydrogens (tertiary/aromatic N) is 1. The van der Waals surface area contributed by atoms with Crippen LogP contribution in [-0.2, 0) is 9.84 Å². The fourth-order valence-corrected chi connectivity index (χ4v) is 5.29. The third-order valence-corrected chi connectivity index (χ3v) is 6.82. The van der Waals surface area contributed by atoms with E-state index in [1.165, 1.54) is 0 Å². The van der Waals surface area contributed by atoms with Crippen LogP contribution in [-0.4, -0.2) is 20.5 Å². The molecule has 0 N–H and O–H groups in total. The number of ether oxygens (including phenoxy) is 2. The molecule has 0 spiro atoms. The van der Waals surface area contributed by atoms with Crippen LogP contribution in [0.1, 0.15) is 17.0 Å². The Bertz CT molecular complexity index is 944. The van der Waals surface area contributed by atoms with Gasteiger partial charge >= 0.3 is 0 Å². The molecule has 0 saturated heterocycles. The summed E-state index contributed by atoms with van der Waals surface area (Å²) < 4.78 is 36.4. The highest BCUT2D eigenvalue weighted by Gasteiger charge is 2.59. The molecular formula is C18H15NO4S. The average molecular weight is 341 g/mol. The topological polar surface area (TPSA) is 76.4 Å². The van der Waals surface area contributed by atoms with Gasteiger partial charge in [0.2, 0.25) is 6.79 Å². The maximum Gasteiger partial charge on any atom is 0.231 e. The zero-order valence-electron chi connectivity index (χ0n) is 13.0. The summed E-state index contributed by atoms with van der Waals surface area (Å²) in [5.74, 6) is 0.362. The molecule has 2 aliphatic rings. The summed E-state index contributed by atoms with van der Waals surface area (Å²) in [6.45, 7) is 2.07. The summed E-state index contributed by atoms with van der Waals surface area (Å²) in [4.78, 5) is 0.265. The summed E-state index contributed by atoms with van der Waals surface area (Å²) in [7, 11) is -3.55. The van der Waals surface area contributed by atoms with Crippen LogP contribution in [0.3, 0.4) is 0 Å². The molecule has 1 aliphatic heterocycles. The highest BCUT2D eigenvalue weighted by molar-refractivity contribution is 7.92. The molecule has 0 amide bonds. The molecule has 4 rings (SSSR count). The number of aryl methyl sites for hydroxylation is 1. The number of rotatable bonds is 3. The summed E-state index contributed by atoms with van der Waals surface area (Å²) in [5, 5.41) is 8.67. The van der Waals surface area contributed by atoms with Crippen molar-refractivity contribution < 1.29 is 17.9 Å². The normalized spacial score (nSPS) is 24.4. The lowest BCUT2D eigenvalue weighted by Gasteiger charge is -2.05. The van der Waals surface area contributed by atoms with Crippen molar-refractivity contribution in [3.63, 3.8) is 0 Å². The Balaban J connectivity index is 1.69. The lowest BCUT2D eigenvalue weighted by Crippen LogP contribution is -2.10. The van der Waals surface area contributed by atoms with E-state index in [-0.39, 0.29) is 17.6 Å². The minimum Gasteiger partial charge on any atom is -0.454 e. The van der Waals surface area contributed by atoms with E-state index in [9.17, 15) is 13.7 Å². The second kappa shape index (κ2) is 5.25. The van der Waals surface area contributed by atoms with E-state index in [1.54, 1.807) is 36.4 Å². The van der Waals surface area contributed by atoms with E-state index >= 15 is 0 Å². The van der Waals surface area contributed by atoms with Crippen LogP contribution < -0.4 is 9.47 Å². The minimum absolute atomic E-state index is 0.163. The fourth-order valence-electron chi connectivity index (χ4n) is 3.23. The van der Waals surface area contributed by atoms with Crippen molar-refractivity contribution in [1.29, 1.82) is 5.26 Å². The second-order valence-corrected chi connectivity index (χ2v) is 8.22. The SMILES string of the molecule is Cc1ccc(S(=O)(=O)[C@H]2[C@@H](C#N)[C@@H]2c2ccc3c(c2)OCO3)cc1. The average Bonchev–Trinajstić information content (AvgIpc) is 3.15. The van der Waals surface area contributed by atoms with Crippen LogP contribution in [0.25, 0.3) is 0 Å². The van der Waals surface area contributed by atoms with Crippen molar-refractivity contribution in [2.45, 2.75) is 23.0 Å². The first-order valence-electron chi connectivity index (χ1n) is 7.62. The van der Waals surface area contributed by atoms with Crippen molar-refractivity contribution >= 4 is 9.84 Å².